The maximum Gasteiger partial charge on any atom is 0.289 e. The van der Waals surface area contributed by atoms with Crippen LogP contribution in [0, 0.1) is 10.1 Å². The molecule has 0 radical (unpaired) electrons. The summed E-state index contributed by atoms with van der Waals surface area (Å²) in [4.78, 5) is 11.5. The van der Waals surface area contributed by atoms with Crippen molar-refractivity contribution in [1.82, 2.24) is 4.31 Å². The van der Waals surface area contributed by atoms with Crippen molar-refractivity contribution in [3.63, 3.8) is 0 Å². The van der Waals surface area contributed by atoms with Crippen molar-refractivity contribution in [2.45, 2.75) is 11.4 Å². The van der Waals surface area contributed by atoms with Gasteiger partial charge >= 0.3 is 0 Å². The molecule has 2 aromatic carbocycles. The van der Waals surface area contributed by atoms with E-state index in [4.69, 9.17) is 11.6 Å². The Morgan fingerprint density at radius 2 is 1.77 bits per heavy atom. The lowest BCUT2D eigenvalue weighted by atomic mass is 10.2. The van der Waals surface area contributed by atoms with E-state index in [0.29, 0.717) is 26.2 Å². The Morgan fingerprint density at radius 1 is 1.12 bits per heavy atom. The van der Waals surface area contributed by atoms with Gasteiger partial charge in [-0.05, 0) is 12.1 Å². The van der Waals surface area contributed by atoms with Crippen LogP contribution in [0.5, 0.6) is 0 Å². The summed E-state index contributed by atoms with van der Waals surface area (Å²) in [6.45, 7) is 2.97. The molecule has 138 valence electrons. The fourth-order valence-corrected chi connectivity index (χ4v) is 4.69. The van der Waals surface area contributed by atoms with Crippen molar-refractivity contribution >= 4 is 27.3 Å². The number of rotatable bonds is 5. The molecule has 0 atom stereocenters. The van der Waals surface area contributed by atoms with Crippen LogP contribution in [-0.4, -0.2) is 43.8 Å². The van der Waals surface area contributed by atoms with E-state index in [-0.39, 0.29) is 9.92 Å². The Bertz CT molecular complexity index is 897. The molecule has 1 saturated heterocycles. The number of nitrogens with zero attached hydrogens (tertiary/aromatic N) is 2. The van der Waals surface area contributed by atoms with Gasteiger partial charge in [0.25, 0.3) is 5.69 Å². The summed E-state index contributed by atoms with van der Waals surface area (Å²) in [5.74, 6) is 0. The molecule has 1 N–H and O–H groups in total. The van der Waals surface area contributed by atoms with Crippen molar-refractivity contribution < 1.29 is 18.2 Å². The van der Waals surface area contributed by atoms with Gasteiger partial charge in [0.15, 0.2) is 0 Å². The SMILES string of the molecule is O=[N+]([O-])c1cc(S(=O)(=O)N2CC[NH+](Cc3ccccc3)CC2)ccc1Cl. The quantitative estimate of drug-likeness (QED) is 0.610. The minimum atomic E-state index is -3.77. The third-order valence-electron chi connectivity index (χ3n) is 4.48. The van der Waals surface area contributed by atoms with Crippen molar-refractivity contribution in [1.29, 1.82) is 0 Å². The number of benzene rings is 2. The molecule has 9 heteroatoms. The van der Waals surface area contributed by atoms with Crippen LogP contribution >= 0.6 is 11.6 Å². The van der Waals surface area contributed by atoms with E-state index in [1.807, 2.05) is 18.2 Å². The number of halogens is 1. The standard InChI is InChI=1S/C17H18ClN3O4S/c18-16-7-6-15(12-17(16)21(22)23)26(24,25)20-10-8-19(9-11-20)13-14-4-2-1-3-5-14/h1-7,12H,8-11,13H2/p+1. The number of quaternary nitrogens is 1. The van der Waals surface area contributed by atoms with E-state index in [9.17, 15) is 18.5 Å². The lowest BCUT2D eigenvalue weighted by Crippen LogP contribution is -3.13. The minimum Gasteiger partial charge on any atom is -0.329 e. The predicted molar refractivity (Wildman–Crippen MR) is 97.7 cm³/mol. The summed E-state index contributed by atoms with van der Waals surface area (Å²) in [6.07, 6.45) is 0. The normalized spacial score (nSPS) is 16.5. The Kier molecular flexibility index (Phi) is 5.57. The van der Waals surface area contributed by atoms with E-state index in [0.717, 1.165) is 12.6 Å². The van der Waals surface area contributed by atoms with Gasteiger partial charge in [-0.25, -0.2) is 8.42 Å². The lowest BCUT2D eigenvalue weighted by molar-refractivity contribution is -0.917. The number of hydrogen-bond acceptors (Lipinski definition) is 4. The predicted octanol–water partition coefficient (Wildman–Crippen LogP) is 1.34. The molecule has 1 aliphatic rings. The summed E-state index contributed by atoms with van der Waals surface area (Å²) in [7, 11) is -3.77. The van der Waals surface area contributed by atoms with Crippen molar-refractivity contribution in [3.8, 4) is 0 Å². The molecule has 0 amide bonds. The van der Waals surface area contributed by atoms with E-state index < -0.39 is 20.6 Å². The zero-order valence-electron chi connectivity index (χ0n) is 14.0. The van der Waals surface area contributed by atoms with E-state index in [2.05, 4.69) is 12.1 Å². The van der Waals surface area contributed by atoms with Gasteiger partial charge in [-0.1, -0.05) is 41.9 Å². The highest BCUT2D eigenvalue weighted by atomic mass is 35.5. The average Bonchev–Trinajstić information content (AvgIpc) is 2.63. The van der Waals surface area contributed by atoms with Crippen molar-refractivity contribution in [2.24, 2.45) is 0 Å². The zero-order chi connectivity index (χ0) is 18.7. The first-order valence-electron chi connectivity index (χ1n) is 8.19. The van der Waals surface area contributed by atoms with Gasteiger partial charge in [0.05, 0.1) is 36.0 Å². The number of sulfonamides is 1. The Hall–Kier alpha value is -2.00. The zero-order valence-corrected chi connectivity index (χ0v) is 15.5. The molecule has 26 heavy (non-hydrogen) atoms. The van der Waals surface area contributed by atoms with Gasteiger partial charge in [-0.15, -0.1) is 0 Å². The van der Waals surface area contributed by atoms with E-state index >= 15 is 0 Å². The molecule has 2 aromatic rings. The number of nitrogens with one attached hydrogen (secondary N) is 1. The maximum atomic E-state index is 12.8. The van der Waals surface area contributed by atoms with Gasteiger partial charge in [0.2, 0.25) is 10.0 Å². The highest BCUT2D eigenvalue weighted by molar-refractivity contribution is 7.89. The van der Waals surface area contributed by atoms with Gasteiger partial charge < -0.3 is 4.90 Å². The van der Waals surface area contributed by atoms with Crippen molar-refractivity contribution in [2.75, 3.05) is 26.2 Å². The first-order chi connectivity index (χ1) is 12.4. The Morgan fingerprint density at radius 3 is 2.38 bits per heavy atom. The number of piperazine rings is 1. The molecule has 1 heterocycles. The molecule has 0 spiro atoms. The van der Waals surface area contributed by atoms with Crippen LogP contribution in [0.3, 0.4) is 0 Å². The Balaban J connectivity index is 1.70. The lowest BCUT2D eigenvalue weighted by Gasteiger charge is -2.31. The summed E-state index contributed by atoms with van der Waals surface area (Å²) in [5.41, 5.74) is 0.813. The van der Waals surface area contributed by atoms with Crippen LogP contribution in [0.4, 0.5) is 5.69 Å². The van der Waals surface area contributed by atoms with Crippen LogP contribution < -0.4 is 4.90 Å². The molecule has 7 nitrogen and oxygen atoms in total. The van der Waals surface area contributed by atoms with Gasteiger partial charge in [0, 0.05) is 11.6 Å². The third-order valence-corrected chi connectivity index (χ3v) is 6.69. The number of hydrogen-bond donors (Lipinski definition) is 1. The van der Waals surface area contributed by atoms with Crippen molar-refractivity contribution in [3.05, 3.63) is 69.2 Å². The van der Waals surface area contributed by atoms with Crippen LogP contribution in [-0.2, 0) is 16.6 Å². The second-order valence-corrected chi connectivity index (χ2v) is 8.53. The molecule has 0 bridgehead atoms. The molecule has 3 rings (SSSR count). The highest BCUT2D eigenvalue weighted by Crippen LogP contribution is 2.28. The third kappa shape index (κ3) is 4.04. The van der Waals surface area contributed by atoms with Crippen LogP contribution in [0.1, 0.15) is 5.56 Å². The molecule has 0 aliphatic carbocycles. The minimum absolute atomic E-state index is 0.0777. The smallest absolute Gasteiger partial charge is 0.289 e. The largest absolute Gasteiger partial charge is 0.329 e. The van der Waals surface area contributed by atoms with Crippen LogP contribution in [0.15, 0.2) is 53.4 Å². The van der Waals surface area contributed by atoms with E-state index in [1.165, 1.54) is 26.9 Å². The topological polar surface area (TPSA) is 85.0 Å². The van der Waals surface area contributed by atoms with Gasteiger partial charge in [-0.2, -0.15) is 4.31 Å². The molecular weight excluding hydrogens is 378 g/mol. The van der Waals surface area contributed by atoms with Gasteiger partial charge in [-0.3, -0.25) is 10.1 Å². The second-order valence-electron chi connectivity index (χ2n) is 6.19. The number of nitro benzene ring substituents is 1. The van der Waals surface area contributed by atoms with Gasteiger partial charge in [0.1, 0.15) is 11.6 Å². The second kappa shape index (κ2) is 7.71. The van der Waals surface area contributed by atoms with Crippen LogP contribution in [0.2, 0.25) is 5.02 Å². The molecule has 1 fully saturated rings. The fraction of sp³-hybridized carbons (Fsp3) is 0.294. The number of nitro groups is 1. The van der Waals surface area contributed by atoms with E-state index in [1.54, 1.807) is 0 Å². The Labute approximate surface area is 157 Å². The maximum absolute atomic E-state index is 12.8. The first-order valence-corrected chi connectivity index (χ1v) is 10.0. The highest BCUT2D eigenvalue weighted by Gasteiger charge is 2.31. The summed E-state index contributed by atoms with van der Waals surface area (Å²) >= 11 is 5.77. The summed E-state index contributed by atoms with van der Waals surface area (Å²) < 4.78 is 27.0. The summed E-state index contributed by atoms with van der Waals surface area (Å²) in [5, 5.41) is 10.9. The summed E-state index contributed by atoms with van der Waals surface area (Å²) in [6, 6.07) is 13.7. The molecule has 1 aliphatic heterocycles. The molecule has 0 saturated carbocycles. The fourth-order valence-electron chi connectivity index (χ4n) is 3.05. The first kappa shape index (κ1) is 18.8. The molecular formula is C17H19ClN3O4S+. The van der Waals surface area contributed by atoms with Crippen LogP contribution in [0.25, 0.3) is 0 Å². The average molecular weight is 397 g/mol. The monoisotopic (exact) mass is 396 g/mol. The molecule has 0 unspecified atom stereocenters. The molecule has 0 aromatic heterocycles.